The van der Waals surface area contributed by atoms with Crippen LogP contribution in [0.5, 0.6) is 0 Å². The molecular weight excluding hydrogens is 300 g/mol. The summed E-state index contributed by atoms with van der Waals surface area (Å²) >= 11 is 0. The third-order valence-electron chi connectivity index (χ3n) is 5.43. The van der Waals surface area contributed by atoms with Gasteiger partial charge in [0.15, 0.2) is 0 Å². The second-order valence-corrected chi connectivity index (χ2v) is 7.38. The minimum absolute atomic E-state index is 0.250. The Balaban J connectivity index is 1.56. The molecule has 126 valence electrons. The Bertz CT molecular complexity index is 728. The van der Waals surface area contributed by atoms with Gasteiger partial charge in [-0.2, -0.15) is 5.10 Å². The molecule has 5 nitrogen and oxygen atoms in total. The van der Waals surface area contributed by atoms with E-state index in [1.165, 1.54) is 16.7 Å². The summed E-state index contributed by atoms with van der Waals surface area (Å²) in [5, 5.41) is 4.26. The van der Waals surface area contributed by atoms with Gasteiger partial charge in [-0.15, -0.1) is 0 Å². The van der Waals surface area contributed by atoms with E-state index in [1.54, 1.807) is 12.7 Å². The third kappa shape index (κ3) is 2.62. The van der Waals surface area contributed by atoms with Gasteiger partial charge in [-0.05, 0) is 45.1 Å². The van der Waals surface area contributed by atoms with E-state index in [2.05, 4.69) is 47.0 Å². The number of aromatic nitrogens is 3. The second kappa shape index (κ2) is 5.72. The monoisotopic (exact) mass is 324 g/mol. The Morgan fingerprint density at radius 2 is 1.96 bits per heavy atom. The largest absolute Gasteiger partial charge is 0.340 e. The highest BCUT2D eigenvalue weighted by Crippen LogP contribution is 2.50. The van der Waals surface area contributed by atoms with E-state index in [-0.39, 0.29) is 11.5 Å². The SMILES string of the molecule is Cc1cc(C)cc(C2(C(=O)N3CCCC(n4cncn4)C3)CC2)c1. The lowest BCUT2D eigenvalue weighted by atomic mass is 9.90. The van der Waals surface area contributed by atoms with Gasteiger partial charge < -0.3 is 4.90 Å². The van der Waals surface area contributed by atoms with Crippen LogP contribution in [-0.2, 0) is 10.2 Å². The summed E-state index contributed by atoms with van der Waals surface area (Å²) in [6.45, 7) is 5.82. The van der Waals surface area contributed by atoms with Crippen LogP contribution in [0, 0.1) is 13.8 Å². The molecular formula is C19H24N4O. The normalized spacial score (nSPS) is 22.4. The molecule has 0 spiro atoms. The van der Waals surface area contributed by atoms with Gasteiger partial charge in [0.1, 0.15) is 12.7 Å². The number of piperidine rings is 1. The lowest BCUT2D eigenvalue weighted by Gasteiger charge is -2.35. The van der Waals surface area contributed by atoms with E-state index < -0.39 is 0 Å². The van der Waals surface area contributed by atoms with Gasteiger partial charge in [0.2, 0.25) is 5.91 Å². The molecule has 1 unspecified atom stereocenters. The summed E-state index contributed by atoms with van der Waals surface area (Å²) < 4.78 is 1.90. The lowest BCUT2D eigenvalue weighted by Crippen LogP contribution is -2.45. The Kier molecular flexibility index (Phi) is 3.66. The molecule has 2 aromatic rings. The van der Waals surface area contributed by atoms with Crippen molar-refractivity contribution in [3.05, 3.63) is 47.5 Å². The molecule has 1 aliphatic carbocycles. The summed E-state index contributed by atoms with van der Waals surface area (Å²) in [4.78, 5) is 19.4. The molecule has 0 radical (unpaired) electrons. The average molecular weight is 324 g/mol. The molecule has 2 heterocycles. The van der Waals surface area contributed by atoms with Crippen LogP contribution < -0.4 is 0 Å². The summed E-state index contributed by atoms with van der Waals surface area (Å²) in [5.41, 5.74) is 3.40. The van der Waals surface area contributed by atoms with E-state index in [0.29, 0.717) is 5.91 Å². The van der Waals surface area contributed by atoms with E-state index in [1.807, 2.05) is 4.68 Å². The molecule has 2 aliphatic rings. The van der Waals surface area contributed by atoms with Gasteiger partial charge in [-0.25, -0.2) is 9.67 Å². The lowest BCUT2D eigenvalue weighted by molar-refractivity contribution is -0.135. The number of aryl methyl sites for hydroxylation is 2. The summed E-state index contributed by atoms with van der Waals surface area (Å²) in [7, 11) is 0. The van der Waals surface area contributed by atoms with E-state index in [4.69, 9.17) is 0 Å². The molecule has 2 fully saturated rings. The molecule has 0 bridgehead atoms. The summed E-state index contributed by atoms with van der Waals surface area (Å²) in [6.07, 6.45) is 7.36. The van der Waals surface area contributed by atoms with Crippen molar-refractivity contribution in [3.63, 3.8) is 0 Å². The maximum absolute atomic E-state index is 13.3. The Labute approximate surface area is 142 Å². The van der Waals surface area contributed by atoms with Crippen molar-refractivity contribution in [2.45, 2.75) is 51.0 Å². The molecule has 1 aromatic heterocycles. The molecule has 0 N–H and O–H groups in total. The maximum atomic E-state index is 13.3. The van der Waals surface area contributed by atoms with Crippen molar-refractivity contribution in [1.82, 2.24) is 19.7 Å². The topological polar surface area (TPSA) is 51.0 Å². The van der Waals surface area contributed by atoms with Crippen molar-refractivity contribution in [3.8, 4) is 0 Å². The first-order chi connectivity index (χ1) is 11.6. The fourth-order valence-corrected chi connectivity index (χ4v) is 4.07. The summed E-state index contributed by atoms with van der Waals surface area (Å²) in [6, 6.07) is 6.80. The predicted molar refractivity (Wildman–Crippen MR) is 91.7 cm³/mol. The van der Waals surface area contributed by atoms with Gasteiger partial charge in [0.05, 0.1) is 11.5 Å². The number of hydrogen-bond donors (Lipinski definition) is 0. The van der Waals surface area contributed by atoms with Crippen LogP contribution in [0.2, 0.25) is 0 Å². The van der Waals surface area contributed by atoms with Crippen LogP contribution in [0.15, 0.2) is 30.9 Å². The molecule has 24 heavy (non-hydrogen) atoms. The number of nitrogens with zero attached hydrogens (tertiary/aromatic N) is 4. The molecule has 1 atom stereocenters. The van der Waals surface area contributed by atoms with E-state index in [9.17, 15) is 4.79 Å². The van der Waals surface area contributed by atoms with Gasteiger partial charge in [-0.1, -0.05) is 29.3 Å². The van der Waals surface area contributed by atoms with Crippen LogP contribution in [0.1, 0.15) is 48.4 Å². The maximum Gasteiger partial charge on any atom is 0.233 e. The van der Waals surface area contributed by atoms with Crippen molar-refractivity contribution < 1.29 is 4.79 Å². The Morgan fingerprint density at radius 1 is 1.21 bits per heavy atom. The van der Waals surface area contributed by atoms with Crippen molar-refractivity contribution in [2.24, 2.45) is 0 Å². The first-order valence-corrected chi connectivity index (χ1v) is 8.81. The standard InChI is InChI=1S/C19H24N4O/c1-14-8-15(2)10-16(9-14)19(5-6-19)18(24)22-7-3-4-17(11-22)23-13-20-12-21-23/h8-10,12-13,17H,3-7,11H2,1-2H3. The van der Waals surface area contributed by atoms with Gasteiger partial charge in [0.25, 0.3) is 0 Å². The van der Waals surface area contributed by atoms with Gasteiger partial charge >= 0.3 is 0 Å². The van der Waals surface area contributed by atoms with Crippen LogP contribution in [0.3, 0.4) is 0 Å². The number of benzene rings is 1. The van der Waals surface area contributed by atoms with Crippen molar-refractivity contribution in [2.75, 3.05) is 13.1 Å². The number of hydrogen-bond acceptors (Lipinski definition) is 3. The molecule has 5 heteroatoms. The average Bonchev–Trinajstić information content (AvgIpc) is 3.20. The van der Waals surface area contributed by atoms with Crippen LogP contribution in [0.4, 0.5) is 0 Å². The van der Waals surface area contributed by atoms with E-state index in [0.717, 1.165) is 38.8 Å². The third-order valence-corrected chi connectivity index (χ3v) is 5.43. The molecule has 1 aliphatic heterocycles. The first-order valence-electron chi connectivity index (χ1n) is 8.81. The van der Waals surface area contributed by atoms with Crippen molar-refractivity contribution >= 4 is 5.91 Å². The smallest absolute Gasteiger partial charge is 0.233 e. The second-order valence-electron chi connectivity index (χ2n) is 7.38. The summed E-state index contributed by atoms with van der Waals surface area (Å²) in [5.74, 6) is 0.303. The zero-order valence-corrected chi connectivity index (χ0v) is 14.4. The Hall–Kier alpha value is -2.17. The fraction of sp³-hybridized carbons (Fsp3) is 0.526. The minimum Gasteiger partial charge on any atom is -0.340 e. The van der Waals surface area contributed by atoms with Crippen LogP contribution in [0.25, 0.3) is 0 Å². The van der Waals surface area contributed by atoms with Gasteiger partial charge in [-0.3, -0.25) is 4.79 Å². The number of likely N-dealkylation sites (tertiary alicyclic amines) is 1. The molecule has 1 amide bonds. The van der Waals surface area contributed by atoms with E-state index >= 15 is 0 Å². The number of carbonyl (C=O) groups excluding carboxylic acids is 1. The minimum atomic E-state index is -0.277. The highest BCUT2D eigenvalue weighted by Gasteiger charge is 2.53. The van der Waals surface area contributed by atoms with Crippen LogP contribution in [-0.4, -0.2) is 38.7 Å². The molecule has 1 aromatic carbocycles. The quantitative estimate of drug-likeness (QED) is 0.872. The highest BCUT2D eigenvalue weighted by atomic mass is 16.2. The molecule has 1 saturated heterocycles. The first kappa shape index (κ1) is 15.4. The fourth-order valence-electron chi connectivity index (χ4n) is 4.07. The number of rotatable bonds is 3. The Morgan fingerprint density at radius 3 is 2.58 bits per heavy atom. The number of amides is 1. The zero-order chi connectivity index (χ0) is 16.7. The highest BCUT2D eigenvalue weighted by molar-refractivity contribution is 5.91. The van der Waals surface area contributed by atoms with Gasteiger partial charge in [0, 0.05) is 13.1 Å². The molecule has 4 rings (SSSR count). The zero-order valence-electron chi connectivity index (χ0n) is 14.4. The van der Waals surface area contributed by atoms with Crippen molar-refractivity contribution in [1.29, 1.82) is 0 Å². The predicted octanol–water partition coefficient (Wildman–Crippen LogP) is 2.79. The number of carbonyl (C=O) groups is 1. The van der Waals surface area contributed by atoms with Crippen LogP contribution >= 0.6 is 0 Å². The molecule has 1 saturated carbocycles.